The maximum Gasteiger partial charge on any atom is 0.341 e. The number of pyridine rings is 1. The van der Waals surface area contributed by atoms with E-state index in [1.54, 1.807) is 12.1 Å². The third kappa shape index (κ3) is 1.65. The van der Waals surface area contributed by atoms with Crippen molar-refractivity contribution in [3.63, 3.8) is 0 Å². The van der Waals surface area contributed by atoms with Gasteiger partial charge in [0.25, 0.3) is 0 Å². The number of amides is 1. The minimum Gasteiger partial charge on any atom is -0.477 e. The third-order valence-electron chi connectivity index (χ3n) is 2.38. The fraction of sp³-hybridized carbons (Fsp3) is 0. The molecule has 3 N–H and O–H groups in total. The molecule has 0 saturated carbocycles. The van der Waals surface area contributed by atoms with Crippen molar-refractivity contribution in [3.8, 4) is 0 Å². The molecule has 1 aromatic carbocycles. The van der Waals surface area contributed by atoms with Crippen LogP contribution < -0.4 is 11.2 Å². The summed E-state index contributed by atoms with van der Waals surface area (Å²) in [5.41, 5.74) is 4.30. The van der Waals surface area contributed by atoms with E-state index in [2.05, 4.69) is 0 Å². The van der Waals surface area contributed by atoms with Gasteiger partial charge in [-0.3, -0.25) is 9.36 Å². The quantitative estimate of drug-likeness (QED) is 0.752. The smallest absolute Gasteiger partial charge is 0.341 e. The zero-order chi connectivity index (χ0) is 12.6. The van der Waals surface area contributed by atoms with Gasteiger partial charge in [0, 0.05) is 11.6 Å². The molecule has 1 heterocycles. The van der Waals surface area contributed by atoms with Crippen LogP contribution >= 0.6 is 0 Å². The van der Waals surface area contributed by atoms with Gasteiger partial charge in [0.15, 0.2) is 0 Å². The number of carbonyl (C=O) groups excluding carboxylic acids is 1. The van der Waals surface area contributed by atoms with Crippen molar-refractivity contribution in [1.82, 2.24) is 4.57 Å². The third-order valence-corrected chi connectivity index (χ3v) is 2.38. The number of aromatic carboxylic acids is 1. The predicted molar refractivity (Wildman–Crippen MR) is 60.1 cm³/mol. The molecule has 2 rings (SSSR count). The van der Waals surface area contributed by atoms with Crippen molar-refractivity contribution >= 4 is 22.9 Å². The number of carboxylic acids is 1. The summed E-state index contributed by atoms with van der Waals surface area (Å²) in [7, 11) is 0. The monoisotopic (exact) mass is 232 g/mol. The van der Waals surface area contributed by atoms with Crippen LogP contribution in [-0.4, -0.2) is 21.7 Å². The molecule has 0 saturated heterocycles. The number of hydrogen-bond acceptors (Lipinski definition) is 3. The molecule has 6 nitrogen and oxygen atoms in total. The van der Waals surface area contributed by atoms with Crippen LogP contribution in [0.15, 0.2) is 35.3 Å². The lowest BCUT2D eigenvalue weighted by atomic mass is 10.1. The van der Waals surface area contributed by atoms with Crippen LogP contribution in [0.1, 0.15) is 10.4 Å². The van der Waals surface area contributed by atoms with Crippen molar-refractivity contribution in [3.05, 3.63) is 46.2 Å². The molecule has 0 aliphatic heterocycles. The van der Waals surface area contributed by atoms with Gasteiger partial charge in [-0.05, 0) is 12.1 Å². The molecule has 0 bridgehead atoms. The zero-order valence-corrected chi connectivity index (χ0v) is 8.58. The van der Waals surface area contributed by atoms with Gasteiger partial charge in [-0.1, -0.05) is 12.1 Å². The Morgan fingerprint density at radius 1 is 1.24 bits per heavy atom. The number of rotatable bonds is 1. The molecule has 0 spiro atoms. The maximum atomic E-state index is 11.8. The highest BCUT2D eigenvalue weighted by Crippen LogP contribution is 2.11. The summed E-state index contributed by atoms with van der Waals surface area (Å²) >= 11 is 0. The molecule has 2 aromatic rings. The second-order valence-electron chi connectivity index (χ2n) is 3.40. The highest BCUT2D eigenvalue weighted by molar-refractivity contribution is 5.96. The number of carbonyl (C=O) groups is 2. The van der Waals surface area contributed by atoms with E-state index >= 15 is 0 Å². The Balaban J connectivity index is 3.00. The number of primary amides is 1. The molecule has 6 heteroatoms. The number of nitrogens with two attached hydrogens (primary N) is 1. The van der Waals surface area contributed by atoms with Gasteiger partial charge in [-0.2, -0.15) is 0 Å². The summed E-state index contributed by atoms with van der Waals surface area (Å²) in [5, 5.41) is 9.01. The van der Waals surface area contributed by atoms with Crippen molar-refractivity contribution in [2.24, 2.45) is 5.73 Å². The van der Waals surface area contributed by atoms with Gasteiger partial charge in [-0.15, -0.1) is 0 Å². The summed E-state index contributed by atoms with van der Waals surface area (Å²) in [6, 6.07) is 5.34. The number of aromatic nitrogens is 1. The first-order valence-electron chi connectivity index (χ1n) is 4.70. The number of benzene rings is 1. The molecule has 0 fully saturated rings. The number of nitrogens with zero attached hydrogens (tertiary/aromatic N) is 1. The molecule has 1 amide bonds. The molecule has 86 valence electrons. The largest absolute Gasteiger partial charge is 0.477 e. The number of fused-ring (bicyclic) bond motifs is 1. The average Bonchev–Trinajstić information content (AvgIpc) is 2.29. The topological polar surface area (TPSA) is 102 Å². The number of carboxylic acid groups (broad SMARTS) is 1. The van der Waals surface area contributed by atoms with Gasteiger partial charge < -0.3 is 10.8 Å². The van der Waals surface area contributed by atoms with E-state index in [4.69, 9.17) is 10.8 Å². The highest BCUT2D eigenvalue weighted by atomic mass is 16.4. The molecule has 0 unspecified atom stereocenters. The van der Waals surface area contributed by atoms with Crippen LogP contribution in [0.2, 0.25) is 0 Å². The van der Waals surface area contributed by atoms with Gasteiger partial charge in [-0.25, -0.2) is 9.59 Å². The SMILES string of the molecule is NC(=O)n1cc(C(=O)O)c(=O)c2ccccc21. The summed E-state index contributed by atoms with van der Waals surface area (Å²) in [5.74, 6) is -1.39. The summed E-state index contributed by atoms with van der Waals surface area (Å²) < 4.78 is 0.945. The Labute approximate surface area is 94.9 Å². The van der Waals surface area contributed by atoms with Crippen LogP contribution in [0, 0.1) is 0 Å². The first-order valence-corrected chi connectivity index (χ1v) is 4.70. The normalized spacial score (nSPS) is 10.4. The van der Waals surface area contributed by atoms with E-state index in [1.165, 1.54) is 12.1 Å². The average molecular weight is 232 g/mol. The highest BCUT2D eigenvalue weighted by Gasteiger charge is 2.15. The van der Waals surface area contributed by atoms with Gasteiger partial charge in [0.05, 0.1) is 5.52 Å². The molecule has 0 aliphatic carbocycles. The van der Waals surface area contributed by atoms with Crippen molar-refractivity contribution in [1.29, 1.82) is 0 Å². The first-order chi connectivity index (χ1) is 8.02. The lowest BCUT2D eigenvalue weighted by Crippen LogP contribution is -2.25. The van der Waals surface area contributed by atoms with Gasteiger partial charge in [0.1, 0.15) is 5.56 Å². The first kappa shape index (κ1) is 10.9. The van der Waals surface area contributed by atoms with Crippen LogP contribution in [0.3, 0.4) is 0 Å². The van der Waals surface area contributed by atoms with Crippen molar-refractivity contribution < 1.29 is 14.7 Å². The Morgan fingerprint density at radius 3 is 2.47 bits per heavy atom. The Kier molecular flexibility index (Phi) is 2.40. The maximum absolute atomic E-state index is 11.8. The van der Waals surface area contributed by atoms with E-state index in [1.807, 2.05) is 0 Å². The molecule has 1 aromatic heterocycles. The van der Waals surface area contributed by atoms with Crippen molar-refractivity contribution in [2.75, 3.05) is 0 Å². The van der Waals surface area contributed by atoms with Crippen LogP contribution in [-0.2, 0) is 0 Å². The van der Waals surface area contributed by atoms with E-state index in [9.17, 15) is 14.4 Å². The fourth-order valence-corrected chi connectivity index (χ4v) is 1.61. The van der Waals surface area contributed by atoms with E-state index < -0.39 is 23.0 Å². The molecular weight excluding hydrogens is 224 g/mol. The van der Waals surface area contributed by atoms with Gasteiger partial charge >= 0.3 is 12.0 Å². The molecule has 0 radical (unpaired) electrons. The molecule has 0 atom stereocenters. The molecule has 0 aliphatic rings. The summed E-state index contributed by atoms with van der Waals surface area (Å²) in [4.78, 5) is 33.9. The lowest BCUT2D eigenvalue weighted by molar-refractivity contribution is 0.0695. The predicted octanol–water partition coefficient (Wildman–Crippen LogP) is 0.626. The minimum atomic E-state index is -1.39. The summed E-state index contributed by atoms with van der Waals surface area (Å²) in [6.07, 6.45) is 0.940. The van der Waals surface area contributed by atoms with Crippen molar-refractivity contribution in [2.45, 2.75) is 0 Å². The Hall–Kier alpha value is -2.63. The summed E-state index contributed by atoms with van der Waals surface area (Å²) in [6.45, 7) is 0. The Bertz CT molecular complexity index is 687. The van der Waals surface area contributed by atoms with E-state index in [0.717, 1.165) is 10.8 Å². The molecular formula is C11H8N2O4. The molecule has 17 heavy (non-hydrogen) atoms. The van der Waals surface area contributed by atoms with E-state index in [0.29, 0.717) is 0 Å². The fourth-order valence-electron chi connectivity index (χ4n) is 1.61. The standard InChI is InChI=1S/C11H8N2O4/c12-11(17)13-5-7(10(15)16)9(14)6-3-1-2-4-8(6)13/h1-5H,(H2,12,17)(H,15,16). The second kappa shape index (κ2) is 3.75. The number of para-hydroxylation sites is 1. The van der Waals surface area contributed by atoms with E-state index in [-0.39, 0.29) is 10.9 Å². The van der Waals surface area contributed by atoms with Crippen LogP contribution in [0.5, 0.6) is 0 Å². The second-order valence-corrected chi connectivity index (χ2v) is 3.40. The van der Waals surface area contributed by atoms with Crippen LogP contribution in [0.4, 0.5) is 4.79 Å². The van der Waals surface area contributed by atoms with Crippen LogP contribution in [0.25, 0.3) is 10.9 Å². The lowest BCUT2D eigenvalue weighted by Gasteiger charge is -2.07. The Morgan fingerprint density at radius 2 is 1.88 bits per heavy atom. The minimum absolute atomic E-state index is 0.145. The zero-order valence-electron chi connectivity index (χ0n) is 8.58. The number of hydrogen-bond donors (Lipinski definition) is 2. The van der Waals surface area contributed by atoms with Gasteiger partial charge in [0.2, 0.25) is 5.43 Å².